The highest BCUT2D eigenvalue weighted by Gasteiger charge is 2.10. The van der Waals surface area contributed by atoms with Gasteiger partial charge in [0.05, 0.1) is 15.9 Å². The van der Waals surface area contributed by atoms with E-state index in [0.717, 1.165) is 23.1 Å². The summed E-state index contributed by atoms with van der Waals surface area (Å²) in [7, 11) is 3.90. The SMILES string of the molecule is CCc1c(Br)c(CNC)nn1C. The van der Waals surface area contributed by atoms with Crippen molar-refractivity contribution < 1.29 is 0 Å². The Morgan fingerprint density at radius 1 is 1.58 bits per heavy atom. The summed E-state index contributed by atoms with van der Waals surface area (Å²) in [6, 6.07) is 0. The van der Waals surface area contributed by atoms with E-state index in [1.807, 2.05) is 18.8 Å². The minimum Gasteiger partial charge on any atom is -0.314 e. The van der Waals surface area contributed by atoms with Gasteiger partial charge in [-0.05, 0) is 29.4 Å². The predicted octanol–water partition coefficient (Wildman–Crippen LogP) is 1.46. The molecular weight excluding hydrogens is 218 g/mol. The van der Waals surface area contributed by atoms with Crippen LogP contribution in [0.4, 0.5) is 0 Å². The Bertz CT molecular complexity index is 268. The highest BCUT2D eigenvalue weighted by atomic mass is 79.9. The van der Waals surface area contributed by atoms with Crippen molar-refractivity contribution in [1.82, 2.24) is 15.1 Å². The smallest absolute Gasteiger partial charge is 0.0907 e. The average molecular weight is 232 g/mol. The van der Waals surface area contributed by atoms with Gasteiger partial charge in [-0.3, -0.25) is 4.68 Å². The third-order valence-electron chi connectivity index (χ3n) is 1.85. The summed E-state index contributed by atoms with van der Waals surface area (Å²) in [6.07, 6.45) is 1.01. The van der Waals surface area contributed by atoms with E-state index >= 15 is 0 Å². The van der Waals surface area contributed by atoms with Crippen molar-refractivity contribution in [3.63, 3.8) is 0 Å². The molecule has 0 atom stereocenters. The molecule has 0 aliphatic carbocycles. The predicted molar refractivity (Wildman–Crippen MR) is 53.0 cm³/mol. The molecule has 0 amide bonds. The number of hydrogen-bond acceptors (Lipinski definition) is 2. The third kappa shape index (κ3) is 1.69. The minimum atomic E-state index is 0.814. The molecule has 0 radical (unpaired) electrons. The first-order valence-electron chi connectivity index (χ1n) is 4.05. The highest BCUT2D eigenvalue weighted by molar-refractivity contribution is 9.10. The van der Waals surface area contributed by atoms with E-state index in [1.54, 1.807) is 0 Å². The maximum Gasteiger partial charge on any atom is 0.0907 e. The van der Waals surface area contributed by atoms with Crippen molar-refractivity contribution in [2.24, 2.45) is 7.05 Å². The second kappa shape index (κ2) is 4.05. The molecule has 12 heavy (non-hydrogen) atoms. The van der Waals surface area contributed by atoms with Crippen LogP contribution in [0.1, 0.15) is 18.3 Å². The molecule has 1 N–H and O–H groups in total. The van der Waals surface area contributed by atoms with Crippen molar-refractivity contribution >= 4 is 15.9 Å². The molecule has 0 fully saturated rings. The maximum atomic E-state index is 4.38. The molecule has 0 saturated carbocycles. The summed E-state index contributed by atoms with van der Waals surface area (Å²) in [5.74, 6) is 0. The second-order valence-electron chi connectivity index (χ2n) is 2.71. The van der Waals surface area contributed by atoms with Crippen LogP contribution < -0.4 is 5.32 Å². The van der Waals surface area contributed by atoms with Crippen LogP contribution in [0.5, 0.6) is 0 Å². The number of aromatic nitrogens is 2. The lowest BCUT2D eigenvalue weighted by molar-refractivity contribution is 0.686. The van der Waals surface area contributed by atoms with Crippen LogP contribution in [-0.4, -0.2) is 16.8 Å². The Hall–Kier alpha value is -0.350. The van der Waals surface area contributed by atoms with Gasteiger partial charge >= 0.3 is 0 Å². The van der Waals surface area contributed by atoms with Gasteiger partial charge in [0.1, 0.15) is 0 Å². The molecular formula is C8H14BrN3. The van der Waals surface area contributed by atoms with Crippen molar-refractivity contribution in [3.05, 3.63) is 15.9 Å². The number of halogens is 1. The Morgan fingerprint density at radius 2 is 2.25 bits per heavy atom. The van der Waals surface area contributed by atoms with Crippen LogP contribution in [0.3, 0.4) is 0 Å². The van der Waals surface area contributed by atoms with Crippen LogP contribution >= 0.6 is 15.9 Å². The van der Waals surface area contributed by atoms with Gasteiger partial charge < -0.3 is 5.32 Å². The first-order valence-corrected chi connectivity index (χ1v) is 4.84. The first-order chi connectivity index (χ1) is 5.70. The summed E-state index contributed by atoms with van der Waals surface area (Å²) in [5.41, 5.74) is 2.33. The van der Waals surface area contributed by atoms with Gasteiger partial charge in [-0.15, -0.1) is 0 Å². The fourth-order valence-electron chi connectivity index (χ4n) is 1.26. The number of nitrogens with one attached hydrogen (secondary N) is 1. The molecule has 0 aromatic carbocycles. The van der Waals surface area contributed by atoms with E-state index in [4.69, 9.17) is 0 Å². The molecule has 0 unspecified atom stereocenters. The molecule has 0 saturated heterocycles. The lowest BCUT2D eigenvalue weighted by atomic mass is 10.3. The van der Waals surface area contributed by atoms with Crippen LogP contribution in [0.25, 0.3) is 0 Å². The number of aryl methyl sites for hydroxylation is 1. The van der Waals surface area contributed by atoms with Crippen molar-refractivity contribution in [2.45, 2.75) is 19.9 Å². The number of hydrogen-bond donors (Lipinski definition) is 1. The molecule has 1 rings (SSSR count). The van der Waals surface area contributed by atoms with Crippen LogP contribution in [-0.2, 0) is 20.0 Å². The van der Waals surface area contributed by atoms with Crippen molar-refractivity contribution in [1.29, 1.82) is 0 Å². The Kier molecular flexibility index (Phi) is 3.29. The molecule has 68 valence electrons. The Labute approximate surface area is 81.3 Å². The minimum absolute atomic E-state index is 0.814. The number of rotatable bonds is 3. The molecule has 0 bridgehead atoms. The van der Waals surface area contributed by atoms with Crippen molar-refractivity contribution in [3.8, 4) is 0 Å². The van der Waals surface area contributed by atoms with Crippen LogP contribution in [0, 0.1) is 0 Å². The molecule has 4 heteroatoms. The monoisotopic (exact) mass is 231 g/mol. The zero-order valence-corrected chi connectivity index (χ0v) is 9.27. The van der Waals surface area contributed by atoms with Gasteiger partial charge in [-0.1, -0.05) is 6.92 Å². The molecule has 1 aromatic heterocycles. The fourth-order valence-corrected chi connectivity index (χ4v) is 2.01. The molecule has 3 nitrogen and oxygen atoms in total. The zero-order valence-electron chi connectivity index (χ0n) is 7.69. The Morgan fingerprint density at radius 3 is 2.67 bits per heavy atom. The molecule has 0 spiro atoms. The summed E-state index contributed by atoms with van der Waals surface area (Å²) in [4.78, 5) is 0. The van der Waals surface area contributed by atoms with Gasteiger partial charge in [-0.2, -0.15) is 5.10 Å². The Balaban J connectivity index is 3.00. The van der Waals surface area contributed by atoms with Gasteiger partial charge in [0.15, 0.2) is 0 Å². The van der Waals surface area contributed by atoms with Gasteiger partial charge in [-0.25, -0.2) is 0 Å². The average Bonchev–Trinajstić information content (AvgIpc) is 2.29. The maximum absolute atomic E-state index is 4.38. The first kappa shape index (κ1) is 9.74. The third-order valence-corrected chi connectivity index (χ3v) is 2.76. The number of nitrogens with zero attached hydrogens (tertiary/aromatic N) is 2. The largest absolute Gasteiger partial charge is 0.314 e. The van der Waals surface area contributed by atoms with Crippen LogP contribution in [0.2, 0.25) is 0 Å². The molecule has 1 aromatic rings. The van der Waals surface area contributed by atoms with Gasteiger partial charge in [0.2, 0.25) is 0 Å². The second-order valence-corrected chi connectivity index (χ2v) is 3.51. The summed E-state index contributed by atoms with van der Waals surface area (Å²) in [5, 5.41) is 7.46. The van der Waals surface area contributed by atoms with E-state index in [2.05, 4.69) is 33.3 Å². The standard InChI is InChI=1S/C8H14BrN3/c1-4-7-8(9)6(5-10-2)11-12(7)3/h10H,4-5H2,1-3H3. The lowest BCUT2D eigenvalue weighted by Crippen LogP contribution is -2.06. The molecule has 0 aliphatic heterocycles. The van der Waals surface area contributed by atoms with E-state index in [1.165, 1.54) is 5.69 Å². The van der Waals surface area contributed by atoms with Crippen molar-refractivity contribution in [2.75, 3.05) is 7.05 Å². The van der Waals surface area contributed by atoms with E-state index in [0.29, 0.717) is 0 Å². The van der Waals surface area contributed by atoms with E-state index < -0.39 is 0 Å². The normalized spacial score (nSPS) is 10.7. The lowest BCUT2D eigenvalue weighted by Gasteiger charge is -1.95. The zero-order chi connectivity index (χ0) is 9.14. The van der Waals surface area contributed by atoms with E-state index in [-0.39, 0.29) is 0 Å². The fraction of sp³-hybridized carbons (Fsp3) is 0.625. The quantitative estimate of drug-likeness (QED) is 0.855. The topological polar surface area (TPSA) is 29.9 Å². The highest BCUT2D eigenvalue weighted by Crippen LogP contribution is 2.20. The van der Waals surface area contributed by atoms with Crippen LogP contribution in [0.15, 0.2) is 4.47 Å². The summed E-state index contributed by atoms with van der Waals surface area (Å²) in [6.45, 7) is 2.94. The van der Waals surface area contributed by atoms with Gasteiger partial charge in [0.25, 0.3) is 0 Å². The van der Waals surface area contributed by atoms with Gasteiger partial charge in [0, 0.05) is 13.6 Å². The summed E-state index contributed by atoms with van der Waals surface area (Å²) < 4.78 is 3.07. The molecule has 1 heterocycles. The molecule has 0 aliphatic rings. The van der Waals surface area contributed by atoms with E-state index in [9.17, 15) is 0 Å². The summed E-state index contributed by atoms with van der Waals surface area (Å²) >= 11 is 3.54.